The van der Waals surface area contributed by atoms with Crippen molar-refractivity contribution in [2.75, 3.05) is 6.54 Å². The highest BCUT2D eigenvalue weighted by Crippen LogP contribution is 2.25. The maximum atomic E-state index is 12.0. The van der Waals surface area contributed by atoms with Crippen molar-refractivity contribution in [2.45, 2.75) is 46.6 Å². The molecule has 0 aromatic rings. The summed E-state index contributed by atoms with van der Waals surface area (Å²) >= 11 is 0. The molecule has 1 heterocycles. The third-order valence-electron chi connectivity index (χ3n) is 2.62. The van der Waals surface area contributed by atoms with E-state index < -0.39 is 0 Å². The summed E-state index contributed by atoms with van der Waals surface area (Å²) in [6.45, 7) is 7.99. The minimum Gasteiger partial charge on any atom is -0.332 e. The Labute approximate surface area is 85.5 Å². The van der Waals surface area contributed by atoms with Crippen LogP contribution in [0.15, 0.2) is 0 Å². The van der Waals surface area contributed by atoms with Crippen molar-refractivity contribution in [3.63, 3.8) is 0 Å². The monoisotopic (exact) mass is 197 g/mol. The molecular weight excluding hydrogens is 178 g/mol. The fourth-order valence-electron chi connectivity index (χ4n) is 1.86. The summed E-state index contributed by atoms with van der Waals surface area (Å²) in [7, 11) is 0. The molecule has 0 spiro atoms. The predicted octanol–water partition coefficient (Wildman–Crippen LogP) is 1.61. The lowest BCUT2D eigenvalue weighted by molar-refractivity contribution is -0.143. The zero-order valence-corrected chi connectivity index (χ0v) is 9.46. The largest absolute Gasteiger partial charge is 0.332 e. The molecule has 0 unspecified atom stereocenters. The Bertz CT molecular complexity index is 253. The van der Waals surface area contributed by atoms with Crippen molar-refractivity contribution in [2.24, 2.45) is 5.41 Å². The average Bonchev–Trinajstić information content (AvgIpc) is 2.48. The van der Waals surface area contributed by atoms with Gasteiger partial charge in [0, 0.05) is 12.0 Å². The Morgan fingerprint density at radius 1 is 1.29 bits per heavy atom. The molecule has 0 radical (unpaired) electrons. The molecule has 14 heavy (non-hydrogen) atoms. The number of amides is 1. The van der Waals surface area contributed by atoms with Gasteiger partial charge in [0.15, 0.2) is 5.78 Å². The first kappa shape index (κ1) is 11.2. The molecule has 0 aromatic heterocycles. The van der Waals surface area contributed by atoms with Gasteiger partial charge >= 0.3 is 0 Å². The lowest BCUT2D eigenvalue weighted by atomic mass is 9.94. The maximum Gasteiger partial charge on any atom is 0.228 e. The van der Waals surface area contributed by atoms with E-state index in [1.165, 1.54) is 0 Å². The van der Waals surface area contributed by atoms with Crippen molar-refractivity contribution in [1.82, 2.24) is 4.90 Å². The van der Waals surface area contributed by atoms with Crippen LogP contribution in [0.3, 0.4) is 0 Å². The van der Waals surface area contributed by atoms with E-state index in [0.717, 1.165) is 19.4 Å². The van der Waals surface area contributed by atoms with E-state index in [1.807, 2.05) is 20.8 Å². The Morgan fingerprint density at radius 3 is 2.29 bits per heavy atom. The molecule has 1 amide bonds. The van der Waals surface area contributed by atoms with E-state index >= 15 is 0 Å². The molecule has 1 rings (SSSR count). The van der Waals surface area contributed by atoms with Gasteiger partial charge in [0.05, 0.1) is 6.04 Å². The Hall–Kier alpha value is -0.860. The Morgan fingerprint density at radius 2 is 1.86 bits per heavy atom. The molecule has 0 saturated carbocycles. The van der Waals surface area contributed by atoms with Crippen LogP contribution >= 0.6 is 0 Å². The van der Waals surface area contributed by atoms with Gasteiger partial charge in [-0.3, -0.25) is 9.59 Å². The van der Waals surface area contributed by atoms with Gasteiger partial charge in [-0.2, -0.15) is 0 Å². The molecule has 1 fully saturated rings. The topological polar surface area (TPSA) is 37.4 Å². The van der Waals surface area contributed by atoms with Gasteiger partial charge in [0.2, 0.25) is 5.91 Å². The van der Waals surface area contributed by atoms with Crippen LogP contribution in [-0.2, 0) is 9.59 Å². The van der Waals surface area contributed by atoms with Crippen molar-refractivity contribution in [3.05, 3.63) is 0 Å². The summed E-state index contributed by atoms with van der Waals surface area (Å²) in [4.78, 5) is 25.0. The van der Waals surface area contributed by atoms with E-state index in [1.54, 1.807) is 11.8 Å². The van der Waals surface area contributed by atoms with Crippen molar-refractivity contribution in [3.8, 4) is 0 Å². The summed E-state index contributed by atoms with van der Waals surface area (Å²) in [5, 5.41) is 0. The van der Waals surface area contributed by atoms with E-state index in [9.17, 15) is 9.59 Å². The Balaban J connectivity index is 2.77. The highest BCUT2D eigenvalue weighted by atomic mass is 16.2. The van der Waals surface area contributed by atoms with Crippen molar-refractivity contribution in [1.29, 1.82) is 0 Å². The number of hydrogen-bond acceptors (Lipinski definition) is 2. The summed E-state index contributed by atoms with van der Waals surface area (Å²) in [6, 6.07) is -0.165. The normalized spacial score (nSPS) is 22.6. The van der Waals surface area contributed by atoms with Crippen LogP contribution in [0.4, 0.5) is 0 Å². The number of nitrogens with zero attached hydrogens (tertiary/aromatic N) is 1. The number of carbonyl (C=O) groups excluding carboxylic acids is 2. The van der Waals surface area contributed by atoms with Gasteiger partial charge in [-0.15, -0.1) is 0 Å². The van der Waals surface area contributed by atoms with Gasteiger partial charge in [0.25, 0.3) is 0 Å². The van der Waals surface area contributed by atoms with Crippen LogP contribution < -0.4 is 0 Å². The molecule has 0 aliphatic carbocycles. The molecule has 80 valence electrons. The molecular formula is C11H19NO2. The van der Waals surface area contributed by atoms with Crippen LogP contribution in [0.2, 0.25) is 0 Å². The van der Waals surface area contributed by atoms with Crippen molar-refractivity contribution >= 4 is 11.7 Å². The molecule has 3 heteroatoms. The smallest absolute Gasteiger partial charge is 0.228 e. The summed E-state index contributed by atoms with van der Waals surface area (Å²) in [5.41, 5.74) is -0.377. The Kier molecular flexibility index (Phi) is 2.98. The van der Waals surface area contributed by atoms with Gasteiger partial charge in [-0.05, 0) is 19.8 Å². The van der Waals surface area contributed by atoms with E-state index in [2.05, 4.69) is 0 Å². The van der Waals surface area contributed by atoms with Gasteiger partial charge in [-0.1, -0.05) is 20.8 Å². The molecule has 0 aromatic carbocycles. The van der Waals surface area contributed by atoms with E-state index in [-0.39, 0.29) is 23.1 Å². The summed E-state index contributed by atoms with van der Waals surface area (Å²) in [6.07, 6.45) is 1.78. The van der Waals surface area contributed by atoms with E-state index in [4.69, 9.17) is 0 Å². The average molecular weight is 197 g/mol. The van der Waals surface area contributed by atoms with Crippen molar-refractivity contribution < 1.29 is 9.59 Å². The van der Waals surface area contributed by atoms with Gasteiger partial charge < -0.3 is 4.90 Å². The van der Waals surface area contributed by atoms with Crippen LogP contribution in [0.25, 0.3) is 0 Å². The first-order valence-electron chi connectivity index (χ1n) is 5.15. The number of likely N-dealkylation sites (tertiary alicyclic amines) is 1. The molecule has 3 nitrogen and oxygen atoms in total. The zero-order chi connectivity index (χ0) is 10.9. The standard InChI is InChI=1S/C11H19NO2/c1-8(13)9-6-5-7-12(9)10(14)11(2,3)4/h9H,5-7H2,1-4H3/t9-/m0/s1. The lowest BCUT2D eigenvalue weighted by Crippen LogP contribution is -2.45. The second-order valence-electron chi connectivity index (χ2n) is 5.02. The minimum absolute atomic E-state index is 0.0928. The minimum atomic E-state index is -0.377. The van der Waals surface area contributed by atoms with E-state index in [0.29, 0.717) is 0 Å². The first-order chi connectivity index (χ1) is 6.34. The van der Waals surface area contributed by atoms with Crippen LogP contribution in [0, 0.1) is 5.41 Å². The number of ketones is 1. The fourth-order valence-corrected chi connectivity index (χ4v) is 1.86. The third-order valence-corrected chi connectivity index (χ3v) is 2.62. The molecule has 1 aliphatic heterocycles. The summed E-state index contributed by atoms with van der Waals surface area (Å²) < 4.78 is 0. The predicted molar refractivity (Wildman–Crippen MR) is 54.9 cm³/mol. The zero-order valence-electron chi connectivity index (χ0n) is 9.46. The third kappa shape index (κ3) is 2.14. The number of hydrogen-bond donors (Lipinski definition) is 0. The second-order valence-corrected chi connectivity index (χ2v) is 5.02. The number of rotatable bonds is 1. The quantitative estimate of drug-likeness (QED) is 0.640. The molecule has 1 aliphatic rings. The first-order valence-corrected chi connectivity index (χ1v) is 5.15. The fraction of sp³-hybridized carbons (Fsp3) is 0.818. The highest BCUT2D eigenvalue weighted by Gasteiger charge is 2.36. The van der Waals surface area contributed by atoms with Crippen LogP contribution in [0.5, 0.6) is 0 Å². The van der Waals surface area contributed by atoms with Gasteiger partial charge in [-0.25, -0.2) is 0 Å². The molecule has 1 atom stereocenters. The highest BCUT2D eigenvalue weighted by molar-refractivity contribution is 5.90. The number of carbonyl (C=O) groups is 2. The number of Topliss-reactive ketones (excluding diaryl/α,β-unsaturated/α-hetero) is 1. The molecule has 1 saturated heterocycles. The summed E-state index contributed by atoms with van der Waals surface area (Å²) in [5.74, 6) is 0.204. The molecule has 0 N–H and O–H groups in total. The maximum absolute atomic E-state index is 12.0. The second kappa shape index (κ2) is 3.71. The SMILES string of the molecule is CC(=O)[C@@H]1CCCN1C(=O)C(C)(C)C. The molecule has 0 bridgehead atoms. The lowest BCUT2D eigenvalue weighted by Gasteiger charge is -2.29. The van der Waals surface area contributed by atoms with Gasteiger partial charge in [0.1, 0.15) is 0 Å². The van der Waals surface area contributed by atoms with Crippen LogP contribution in [0.1, 0.15) is 40.5 Å². The van der Waals surface area contributed by atoms with Crippen LogP contribution in [-0.4, -0.2) is 29.2 Å².